The molecule has 18 heavy (non-hydrogen) atoms. The number of rotatable bonds is 5. The Hall–Kier alpha value is -0.940. The fourth-order valence-electron chi connectivity index (χ4n) is 1.61. The molecule has 100 valence electrons. The molecule has 2 nitrogen and oxygen atoms in total. The fraction of sp³-hybridized carbons (Fsp3) is 0.500. The molecule has 1 aromatic carbocycles. The molecule has 6 heteroatoms. The second-order valence-corrected chi connectivity index (χ2v) is 4.73. The summed E-state index contributed by atoms with van der Waals surface area (Å²) < 4.78 is 39.6. The molecule has 1 saturated carbocycles. The Kier molecular flexibility index (Phi) is 3.73. The normalized spacial score (nSPS) is 17.6. The van der Waals surface area contributed by atoms with Crippen molar-refractivity contribution < 1.29 is 17.9 Å². The molecule has 1 aliphatic rings. The minimum absolute atomic E-state index is 0.0305. The number of hydrogen-bond donors (Lipinski definition) is 1. The summed E-state index contributed by atoms with van der Waals surface area (Å²) in [6.07, 6.45) is -2.55. The molecule has 0 aliphatic heterocycles. The Morgan fingerprint density at radius 2 is 1.83 bits per heavy atom. The molecule has 0 bridgehead atoms. The van der Waals surface area contributed by atoms with Gasteiger partial charge < -0.3 is 10.1 Å². The summed E-state index contributed by atoms with van der Waals surface area (Å²) in [5.74, 6) is 0.354. The van der Waals surface area contributed by atoms with E-state index in [0.29, 0.717) is 12.4 Å². The first-order valence-corrected chi connectivity index (χ1v) is 6.12. The van der Waals surface area contributed by atoms with Crippen LogP contribution in [-0.4, -0.2) is 17.8 Å². The minimum atomic E-state index is -4.64. The van der Waals surface area contributed by atoms with Crippen molar-refractivity contribution in [2.24, 2.45) is 0 Å². The largest absolute Gasteiger partial charge is 0.573 e. The molecule has 1 aliphatic carbocycles. The van der Waals surface area contributed by atoms with E-state index in [1.54, 1.807) is 12.1 Å². The van der Waals surface area contributed by atoms with Crippen LogP contribution in [0.15, 0.2) is 24.3 Å². The number of hydrogen-bond acceptors (Lipinski definition) is 2. The molecular formula is C12H13ClF3NO. The second-order valence-electron chi connectivity index (χ2n) is 4.46. The third kappa shape index (κ3) is 3.78. The van der Waals surface area contributed by atoms with Crippen LogP contribution in [0.4, 0.5) is 13.2 Å². The highest BCUT2D eigenvalue weighted by Crippen LogP contribution is 2.36. The van der Waals surface area contributed by atoms with Crippen LogP contribution in [0.2, 0.25) is 0 Å². The van der Waals surface area contributed by atoms with Gasteiger partial charge in [-0.1, -0.05) is 12.1 Å². The van der Waals surface area contributed by atoms with Gasteiger partial charge in [0.1, 0.15) is 5.75 Å². The van der Waals surface area contributed by atoms with Gasteiger partial charge >= 0.3 is 6.36 Å². The number of alkyl halides is 4. The molecule has 0 unspecified atom stereocenters. The van der Waals surface area contributed by atoms with Gasteiger partial charge in [-0.05, 0) is 30.5 Å². The number of nitrogens with one attached hydrogen (secondary N) is 1. The van der Waals surface area contributed by atoms with E-state index < -0.39 is 6.36 Å². The summed E-state index contributed by atoms with van der Waals surface area (Å²) in [6, 6.07) is 5.84. The van der Waals surface area contributed by atoms with Crippen molar-refractivity contribution in [1.82, 2.24) is 5.32 Å². The van der Waals surface area contributed by atoms with E-state index in [2.05, 4.69) is 10.1 Å². The Labute approximate surface area is 108 Å². The van der Waals surface area contributed by atoms with E-state index in [-0.39, 0.29) is 11.3 Å². The second kappa shape index (κ2) is 4.97. The van der Waals surface area contributed by atoms with Gasteiger partial charge in [-0.25, -0.2) is 0 Å². The maximum atomic E-state index is 12.0. The predicted octanol–water partition coefficient (Wildman–Crippen LogP) is 3.45. The summed E-state index contributed by atoms with van der Waals surface area (Å²) in [5, 5.41) is 3.31. The monoisotopic (exact) mass is 279 g/mol. The molecule has 0 spiro atoms. The van der Waals surface area contributed by atoms with Crippen LogP contribution in [0, 0.1) is 0 Å². The average Bonchev–Trinajstić information content (AvgIpc) is 3.07. The molecule has 1 N–H and O–H groups in total. The Balaban J connectivity index is 1.88. The number of halogens is 4. The van der Waals surface area contributed by atoms with Gasteiger partial charge in [0.2, 0.25) is 0 Å². The third-order valence-corrected chi connectivity index (χ3v) is 3.45. The zero-order valence-corrected chi connectivity index (χ0v) is 10.3. The summed E-state index contributed by atoms with van der Waals surface area (Å²) in [7, 11) is 0. The third-order valence-electron chi connectivity index (χ3n) is 2.93. The first-order valence-electron chi connectivity index (χ1n) is 5.58. The van der Waals surface area contributed by atoms with Gasteiger partial charge in [0.05, 0.1) is 0 Å². The Morgan fingerprint density at radius 3 is 2.28 bits per heavy atom. The van der Waals surface area contributed by atoms with Gasteiger partial charge in [0.15, 0.2) is 0 Å². The lowest BCUT2D eigenvalue weighted by Crippen LogP contribution is -2.32. The van der Waals surface area contributed by atoms with Crippen LogP contribution in [-0.2, 0) is 6.54 Å². The van der Waals surface area contributed by atoms with Crippen molar-refractivity contribution in [3.05, 3.63) is 29.8 Å². The van der Waals surface area contributed by atoms with Gasteiger partial charge in [-0.2, -0.15) is 0 Å². The van der Waals surface area contributed by atoms with Crippen molar-refractivity contribution in [3.8, 4) is 5.75 Å². The van der Waals surface area contributed by atoms with Crippen LogP contribution in [0.1, 0.15) is 18.4 Å². The van der Waals surface area contributed by atoms with Crippen molar-refractivity contribution in [2.75, 3.05) is 5.88 Å². The summed E-state index contributed by atoms with van der Waals surface area (Å²) in [4.78, 5) is 0. The minimum Gasteiger partial charge on any atom is -0.406 e. The molecular weight excluding hydrogens is 267 g/mol. The molecule has 0 heterocycles. The topological polar surface area (TPSA) is 21.3 Å². The van der Waals surface area contributed by atoms with Crippen LogP contribution in [0.3, 0.4) is 0 Å². The fourth-order valence-corrected chi connectivity index (χ4v) is 1.97. The first kappa shape index (κ1) is 13.5. The summed E-state index contributed by atoms with van der Waals surface area (Å²) >= 11 is 5.81. The van der Waals surface area contributed by atoms with Crippen molar-refractivity contribution in [2.45, 2.75) is 31.3 Å². The zero-order chi connectivity index (χ0) is 13.2. The highest BCUT2D eigenvalue weighted by atomic mass is 35.5. The molecule has 0 aromatic heterocycles. The van der Waals surface area contributed by atoms with Crippen molar-refractivity contribution >= 4 is 11.6 Å². The molecule has 0 saturated heterocycles. The molecule has 1 fully saturated rings. The molecule has 1 aromatic rings. The van der Waals surface area contributed by atoms with E-state index in [9.17, 15) is 13.2 Å². The van der Waals surface area contributed by atoms with E-state index in [0.717, 1.165) is 18.4 Å². The molecule has 2 rings (SSSR count). The van der Waals surface area contributed by atoms with Gasteiger partial charge in [0.25, 0.3) is 0 Å². The quantitative estimate of drug-likeness (QED) is 0.834. The van der Waals surface area contributed by atoms with Gasteiger partial charge in [-0.15, -0.1) is 24.8 Å². The zero-order valence-electron chi connectivity index (χ0n) is 9.56. The Bertz CT molecular complexity index is 401. The lowest BCUT2D eigenvalue weighted by Gasteiger charge is -2.14. The molecule has 0 amide bonds. The maximum absolute atomic E-state index is 12.0. The highest BCUT2D eigenvalue weighted by molar-refractivity contribution is 6.18. The predicted molar refractivity (Wildman–Crippen MR) is 62.6 cm³/mol. The number of ether oxygens (including phenoxy) is 1. The first-order chi connectivity index (χ1) is 8.42. The summed E-state index contributed by atoms with van der Waals surface area (Å²) in [5.41, 5.74) is 0.934. The van der Waals surface area contributed by atoms with Gasteiger partial charge in [-0.3, -0.25) is 0 Å². The van der Waals surface area contributed by atoms with E-state index >= 15 is 0 Å². The lowest BCUT2D eigenvalue weighted by atomic mass is 10.2. The van der Waals surface area contributed by atoms with Crippen molar-refractivity contribution in [3.63, 3.8) is 0 Å². The number of benzene rings is 1. The lowest BCUT2D eigenvalue weighted by molar-refractivity contribution is -0.274. The molecule has 0 radical (unpaired) electrons. The van der Waals surface area contributed by atoms with E-state index in [1.165, 1.54) is 12.1 Å². The smallest absolute Gasteiger partial charge is 0.406 e. The maximum Gasteiger partial charge on any atom is 0.573 e. The van der Waals surface area contributed by atoms with Crippen LogP contribution in [0.5, 0.6) is 5.75 Å². The van der Waals surface area contributed by atoms with Crippen LogP contribution < -0.4 is 10.1 Å². The highest BCUT2D eigenvalue weighted by Gasteiger charge is 2.41. The summed E-state index contributed by atoms with van der Waals surface area (Å²) in [6.45, 7) is 0.596. The van der Waals surface area contributed by atoms with E-state index in [1.807, 2.05) is 0 Å². The Morgan fingerprint density at radius 1 is 1.22 bits per heavy atom. The molecule has 0 atom stereocenters. The average molecular weight is 280 g/mol. The van der Waals surface area contributed by atoms with Crippen molar-refractivity contribution in [1.29, 1.82) is 0 Å². The van der Waals surface area contributed by atoms with Crippen LogP contribution in [0.25, 0.3) is 0 Å². The standard InChI is InChI=1S/C12H13ClF3NO/c13-8-11(5-6-11)17-7-9-1-3-10(4-2-9)18-12(14,15)16/h1-4,17H,5-8H2. The van der Waals surface area contributed by atoms with E-state index in [4.69, 9.17) is 11.6 Å². The van der Waals surface area contributed by atoms with Crippen LogP contribution >= 0.6 is 11.6 Å². The SMILES string of the molecule is FC(F)(F)Oc1ccc(CNC2(CCl)CC2)cc1. The van der Waals surface area contributed by atoms with Gasteiger partial charge in [0, 0.05) is 18.0 Å².